The number of hydrogen-bond donors (Lipinski definition) is 2. The molecule has 2 N–H and O–H groups in total. The van der Waals surface area contributed by atoms with Crippen molar-refractivity contribution < 1.29 is 14.3 Å². The van der Waals surface area contributed by atoms with E-state index in [2.05, 4.69) is 15.5 Å². The maximum absolute atomic E-state index is 12.5. The summed E-state index contributed by atoms with van der Waals surface area (Å²) in [6, 6.07) is 18.3. The topological polar surface area (TPSA) is 93.3 Å². The number of fused-ring (bicyclic) bond motifs is 1. The fourth-order valence-corrected chi connectivity index (χ4v) is 3.94. The molecule has 0 atom stereocenters. The SMILES string of the molecule is COc1ccc(/C=C/C(=O)Nc2cccc(Cc3n[nH]c(=O)c4ccccc34)c2)c(Cl)c1OC. The van der Waals surface area contributed by atoms with Crippen molar-refractivity contribution in [3.8, 4) is 11.5 Å². The number of nitrogens with zero attached hydrogens (tertiary/aromatic N) is 1. The van der Waals surface area contributed by atoms with Crippen molar-refractivity contribution in [3.05, 3.63) is 98.9 Å². The van der Waals surface area contributed by atoms with Gasteiger partial charge in [0.15, 0.2) is 11.5 Å². The average Bonchev–Trinajstić information content (AvgIpc) is 2.85. The van der Waals surface area contributed by atoms with Crippen LogP contribution in [0.1, 0.15) is 16.8 Å². The Labute approximate surface area is 201 Å². The van der Waals surface area contributed by atoms with Gasteiger partial charge in [-0.05, 0) is 47.5 Å². The number of ether oxygens (including phenoxy) is 2. The highest BCUT2D eigenvalue weighted by molar-refractivity contribution is 6.34. The Morgan fingerprint density at radius 2 is 1.85 bits per heavy atom. The van der Waals surface area contributed by atoms with E-state index in [1.54, 1.807) is 30.3 Å². The number of anilines is 1. The van der Waals surface area contributed by atoms with Crippen LogP contribution in [0.3, 0.4) is 0 Å². The van der Waals surface area contributed by atoms with Crippen molar-refractivity contribution in [2.24, 2.45) is 0 Å². The monoisotopic (exact) mass is 475 g/mol. The van der Waals surface area contributed by atoms with Gasteiger partial charge in [-0.1, -0.05) is 41.9 Å². The van der Waals surface area contributed by atoms with Gasteiger partial charge < -0.3 is 14.8 Å². The van der Waals surface area contributed by atoms with E-state index < -0.39 is 0 Å². The fraction of sp³-hybridized carbons (Fsp3) is 0.115. The molecule has 0 aliphatic rings. The predicted molar refractivity (Wildman–Crippen MR) is 134 cm³/mol. The molecule has 34 heavy (non-hydrogen) atoms. The van der Waals surface area contributed by atoms with Crippen LogP contribution in [-0.2, 0) is 11.2 Å². The second-order valence-corrected chi connectivity index (χ2v) is 7.83. The molecular formula is C26H22ClN3O4. The molecule has 0 aliphatic heterocycles. The van der Waals surface area contributed by atoms with Crippen molar-refractivity contribution >= 4 is 40.0 Å². The minimum atomic E-state index is -0.310. The van der Waals surface area contributed by atoms with Crippen LogP contribution in [0, 0.1) is 0 Å². The Morgan fingerprint density at radius 3 is 2.62 bits per heavy atom. The molecule has 8 heteroatoms. The highest BCUT2D eigenvalue weighted by atomic mass is 35.5. The van der Waals surface area contributed by atoms with E-state index in [1.807, 2.05) is 36.4 Å². The van der Waals surface area contributed by atoms with Crippen LogP contribution >= 0.6 is 11.6 Å². The van der Waals surface area contributed by atoms with Crippen LogP contribution in [0.4, 0.5) is 5.69 Å². The molecule has 1 heterocycles. The van der Waals surface area contributed by atoms with E-state index in [-0.39, 0.29) is 11.5 Å². The first-order chi connectivity index (χ1) is 16.5. The third-order valence-corrected chi connectivity index (χ3v) is 5.66. The number of H-pyrrole nitrogens is 1. The predicted octanol–water partition coefficient (Wildman–Crippen LogP) is 4.84. The summed E-state index contributed by atoms with van der Waals surface area (Å²) in [5.74, 6) is 0.606. The van der Waals surface area contributed by atoms with Crippen LogP contribution in [0.2, 0.25) is 5.02 Å². The summed E-state index contributed by atoms with van der Waals surface area (Å²) in [5.41, 5.74) is 2.73. The number of rotatable bonds is 7. The normalized spacial score (nSPS) is 11.0. The number of amides is 1. The van der Waals surface area contributed by atoms with Crippen LogP contribution in [0.5, 0.6) is 11.5 Å². The summed E-state index contributed by atoms with van der Waals surface area (Å²) in [5, 5.41) is 11.4. The number of methoxy groups -OCH3 is 2. The Kier molecular flexibility index (Phi) is 6.94. The maximum atomic E-state index is 12.5. The van der Waals surface area contributed by atoms with Gasteiger partial charge in [-0.3, -0.25) is 9.59 Å². The number of halogens is 1. The lowest BCUT2D eigenvalue weighted by Crippen LogP contribution is -2.11. The zero-order valence-corrected chi connectivity index (χ0v) is 19.3. The van der Waals surface area contributed by atoms with Gasteiger partial charge in [0, 0.05) is 23.6 Å². The fourth-order valence-electron chi connectivity index (χ4n) is 3.64. The minimum Gasteiger partial charge on any atom is -0.493 e. The van der Waals surface area contributed by atoms with Crippen LogP contribution in [0.15, 0.2) is 71.5 Å². The Balaban J connectivity index is 1.50. The number of benzene rings is 3. The molecule has 0 spiro atoms. The van der Waals surface area contributed by atoms with Gasteiger partial charge in [-0.2, -0.15) is 5.10 Å². The Hall–Kier alpha value is -4.10. The van der Waals surface area contributed by atoms with Crippen molar-refractivity contribution in [3.63, 3.8) is 0 Å². The van der Waals surface area contributed by atoms with Gasteiger partial charge in [-0.25, -0.2) is 5.10 Å². The number of carbonyl (C=O) groups is 1. The standard InChI is InChI=1S/C26H22ClN3O4/c1-33-22-12-10-17(24(27)25(22)34-2)11-13-23(31)28-18-7-5-6-16(14-18)15-21-19-8-3-4-9-20(19)26(32)30-29-21/h3-14H,15H2,1-2H3,(H,28,31)(H,30,32)/b13-11+. The first kappa shape index (κ1) is 23.1. The summed E-state index contributed by atoms with van der Waals surface area (Å²) < 4.78 is 10.5. The van der Waals surface area contributed by atoms with Gasteiger partial charge in [0.1, 0.15) is 0 Å². The average molecular weight is 476 g/mol. The van der Waals surface area contributed by atoms with Crippen LogP contribution in [-0.4, -0.2) is 30.3 Å². The van der Waals surface area contributed by atoms with E-state index in [4.69, 9.17) is 21.1 Å². The summed E-state index contributed by atoms with van der Waals surface area (Å²) >= 11 is 6.37. The van der Waals surface area contributed by atoms with E-state index in [9.17, 15) is 9.59 Å². The highest BCUT2D eigenvalue weighted by Crippen LogP contribution is 2.37. The first-order valence-electron chi connectivity index (χ1n) is 10.4. The number of aromatic amines is 1. The lowest BCUT2D eigenvalue weighted by molar-refractivity contribution is -0.111. The molecule has 0 saturated heterocycles. The second-order valence-electron chi connectivity index (χ2n) is 7.45. The number of nitrogens with one attached hydrogen (secondary N) is 2. The Morgan fingerprint density at radius 1 is 1.06 bits per heavy atom. The molecule has 0 bridgehead atoms. The molecule has 0 aliphatic carbocycles. The zero-order chi connectivity index (χ0) is 24.1. The van der Waals surface area contributed by atoms with E-state index in [1.165, 1.54) is 20.3 Å². The van der Waals surface area contributed by atoms with Crippen LogP contribution in [0.25, 0.3) is 16.8 Å². The van der Waals surface area contributed by atoms with Crippen molar-refractivity contribution in [1.82, 2.24) is 10.2 Å². The molecule has 0 radical (unpaired) electrons. The number of carbonyl (C=O) groups excluding carboxylic acids is 1. The Bertz CT molecular complexity index is 1450. The smallest absolute Gasteiger partial charge is 0.272 e. The second kappa shape index (κ2) is 10.2. The molecule has 0 fully saturated rings. The van der Waals surface area contributed by atoms with Gasteiger partial charge in [0.2, 0.25) is 5.91 Å². The molecule has 172 valence electrons. The molecule has 4 aromatic rings. The quantitative estimate of drug-likeness (QED) is 0.373. The minimum absolute atomic E-state index is 0.221. The molecule has 1 amide bonds. The van der Waals surface area contributed by atoms with Crippen molar-refractivity contribution in [1.29, 1.82) is 0 Å². The third-order valence-electron chi connectivity index (χ3n) is 5.27. The lowest BCUT2D eigenvalue weighted by Gasteiger charge is -2.11. The van der Waals surface area contributed by atoms with E-state index >= 15 is 0 Å². The molecular weight excluding hydrogens is 454 g/mol. The lowest BCUT2D eigenvalue weighted by atomic mass is 10.0. The number of hydrogen-bond acceptors (Lipinski definition) is 5. The third kappa shape index (κ3) is 4.94. The van der Waals surface area contributed by atoms with Crippen molar-refractivity contribution in [2.75, 3.05) is 19.5 Å². The highest BCUT2D eigenvalue weighted by Gasteiger charge is 2.12. The molecule has 7 nitrogen and oxygen atoms in total. The first-order valence-corrected chi connectivity index (χ1v) is 10.8. The zero-order valence-electron chi connectivity index (χ0n) is 18.6. The van der Waals surface area contributed by atoms with Gasteiger partial charge >= 0.3 is 0 Å². The summed E-state index contributed by atoms with van der Waals surface area (Å²) in [4.78, 5) is 24.5. The van der Waals surface area contributed by atoms with E-state index in [0.717, 1.165) is 16.6 Å². The van der Waals surface area contributed by atoms with Crippen molar-refractivity contribution in [2.45, 2.75) is 6.42 Å². The maximum Gasteiger partial charge on any atom is 0.272 e. The van der Waals surface area contributed by atoms with E-state index in [0.29, 0.717) is 39.6 Å². The van der Waals surface area contributed by atoms with Gasteiger partial charge in [-0.15, -0.1) is 0 Å². The summed E-state index contributed by atoms with van der Waals surface area (Å²) in [6.45, 7) is 0. The van der Waals surface area contributed by atoms with Crippen LogP contribution < -0.4 is 20.3 Å². The number of aromatic nitrogens is 2. The summed E-state index contributed by atoms with van der Waals surface area (Å²) in [7, 11) is 3.03. The molecule has 0 saturated carbocycles. The van der Waals surface area contributed by atoms with Gasteiger partial charge in [0.25, 0.3) is 5.56 Å². The van der Waals surface area contributed by atoms with Gasteiger partial charge in [0.05, 0.1) is 30.3 Å². The molecule has 4 rings (SSSR count). The largest absolute Gasteiger partial charge is 0.493 e. The molecule has 1 aromatic heterocycles. The summed E-state index contributed by atoms with van der Waals surface area (Å²) in [6.07, 6.45) is 3.51. The molecule has 0 unspecified atom stereocenters. The molecule has 3 aromatic carbocycles.